The van der Waals surface area contributed by atoms with Crippen molar-refractivity contribution >= 4 is 28.6 Å². The van der Waals surface area contributed by atoms with E-state index in [1.54, 1.807) is 6.07 Å². The van der Waals surface area contributed by atoms with Crippen LogP contribution < -0.4 is 5.32 Å². The van der Waals surface area contributed by atoms with Crippen molar-refractivity contribution in [2.75, 3.05) is 5.32 Å². The van der Waals surface area contributed by atoms with Gasteiger partial charge in [-0.2, -0.15) is 0 Å². The maximum atomic E-state index is 11.8. The van der Waals surface area contributed by atoms with Crippen LogP contribution >= 0.6 is 0 Å². The molecule has 8 heteroatoms. The molecule has 2 N–H and O–H groups in total. The van der Waals surface area contributed by atoms with Gasteiger partial charge < -0.3 is 15.0 Å². The Morgan fingerprint density at radius 3 is 2.78 bits per heavy atom. The molecule has 1 atom stereocenters. The first-order chi connectivity index (χ1) is 10.6. The molecule has 0 aliphatic heterocycles. The number of fused-ring (bicyclic) bond motifs is 1. The van der Waals surface area contributed by atoms with Gasteiger partial charge >= 0.3 is 5.97 Å². The van der Waals surface area contributed by atoms with Crippen LogP contribution in [-0.2, 0) is 9.53 Å². The SMILES string of the molecule is CC(CC(=O)OC(C)(C)C)Nc1nc2ccc([N+](=O)[O-])cc2[nH]1. The van der Waals surface area contributed by atoms with Crippen LogP contribution in [0.15, 0.2) is 18.2 Å². The summed E-state index contributed by atoms with van der Waals surface area (Å²) in [5, 5.41) is 13.8. The number of aromatic nitrogens is 2. The van der Waals surface area contributed by atoms with Gasteiger partial charge in [-0.1, -0.05) is 0 Å². The third-order valence-corrected chi connectivity index (χ3v) is 2.95. The van der Waals surface area contributed by atoms with Crippen molar-refractivity contribution in [3.63, 3.8) is 0 Å². The highest BCUT2D eigenvalue weighted by molar-refractivity contribution is 5.80. The number of hydrogen-bond donors (Lipinski definition) is 2. The van der Waals surface area contributed by atoms with Crippen LogP contribution in [0.4, 0.5) is 11.6 Å². The molecule has 1 aromatic carbocycles. The van der Waals surface area contributed by atoms with Crippen molar-refractivity contribution in [1.82, 2.24) is 9.97 Å². The topological polar surface area (TPSA) is 110 Å². The number of aromatic amines is 1. The van der Waals surface area contributed by atoms with E-state index in [0.717, 1.165) is 0 Å². The van der Waals surface area contributed by atoms with Gasteiger partial charge in [-0.25, -0.2) is 4.98 Å². The molecule has 2 aromatic rings. The van der Waals surface area contributed by atoms with Gasteiger partial charge in [0.05, 0.1) is 22.4 Å². The molecule has 8 nitrogen and oxygen atoms in total. The molecule has 0 saturated heterocycles. The standard InChI is InChI=1S/C15H20N4O4/c1-9(7-13(20)23-15(2,3)4)16-14-17-11-6-5-10(19(21)22)8-12(11)18-14/h5-6,8-9H,7H2,1-4H3,(H2,16,17,18). The third-order valence-electron chi connectivity index (χ3n) is 2.95. The third kappa shape index (κ3) is 4.67. The van der Waals surface area contributed by atoms with E-state index in [-0.39, 0.29) is 24.1 Å². The summed E-state index contributed by atoms with van der Waals surface area (Å²) in [7, 11) is 0. The maximum Gasteiger partial charge on any atom is 0.308 e. The molecule has 124 valence electrons. The van der Waals surface area contributed by atoms with Crippen molar-refractivity contribution in [3.05, 3.63) is 28.3 Å². The molecule has 2 rings (SSSR count). The lowest BCUT2D eigenvalue weighted by molar-refractivity contribution is -0.384. The van der Waals surface area contributed by atoms with Crippen molar-refractivity contribution in [2.45, 2.75) is 45.8 Å². The van der Waals surface area contributed by atoms with E-state index >= 15 is 0 Å². The lowest BCUT2D eigenvalue weighted by Gasteiger charge is -2.21. The predicted octanol–water partition coefficient (Wildman–Crippen LogP) is 3.00. The van der Waals surface area contributed by atoms with Crippen molar-refractivity contribution < 1.29 is 14.5 Å². The Labute approximate surface area is 133 Å². The molecule has 23 heavy (non-hydrogen) atoms. The minimum atomic E-state index is -0.519. The van der Waals surface area contributed by atoms with Gasteiger partial charge in [0.1, 0.15) is 5.60 Å². The molecule has 0 amide bonds. The minimum absolute atomic E-state index is 0.00509. The summed E-state index contributed by atoms with van der Waals surface area (Å²) in [6, 6.07) is 4.21. The fraction of sp³-hybridized carbons (Fsp3) is 0.467. The molecule has 1 heterocycles. The number of nitrogens with zero attached hydrogens (tertiary/aromatic N) is 2. The molecule has 1 unspecified atom stereocenters. The number of rotatable bonds is 5. The number of nitro benzene ring substituents is 1. The number of imidazole rings is 1. The van der Waals surface area contributed by atoms with Crippen LogP contribution in [0.25, 0.3) is 11.0 Å². The molecule has 0 radical (unpaired) electrons. The minimum Gasteiger partial charge on any atom is -0.460 e. The van der Waals surface area contributed by atoms with Crippen molar-refractivity contribution in [1.29, 1.82) is 0 Å². The highest BCUT2D eigenvalue weighted by Gasteiger charge is 2.19. The number of nitrogens with one attached hydrogen (secondary N) is 2. The fourth-order valence-corrected chi connectivity index (χ4v) is 2.10. The van der Waals surface area contributed by atoms with Gasteiger partial charge in [0.25, 0.3) is 5.69 Å². The van der Waals surface area contributed by atoms with Gasteiger partial charge in [0, 0.05) is 18.2 Å². The van der Waals surface area contributed by atoms with Crippen LogP contribution in [-0.4, -0.2) is 32.5 Å². The van der Waals surface area contributed by atoms with Gasteiger partial charge in [-0.3, -0.25) is 14.9 Å². The maximum absolute atomic E-state index is 11.8. The lowest BCUT2D eigenvalue weighted by Crippen LogP contribution is -2.28. The molecule has 0 bridgehead atoms. The molecule has 0 spiro atoms. The smallest absolute Gasteiger partial charge is 0.308 e. The average molecular weight is 320 g/mol. The van der Waals surface area contributed by atoms with E-state index in [2.05, 4.69) is 15.3 Å². The molecular weight excluding hydrogens is 300 g/mol. The van der Waals surface area contributed by atoms with Gasteiger partial charge in [-0.15, -0.1) is 0 Å². The van der Waals surface area contributed by atoms with E-state index in [9.17, 15) is 14.9 Å². The summed E-state index contributed by atoms with van der Waals surface area (Å²) in [6.07, 6.45) is 0.189. The van der Waals surface area contributed by atoms with Crippen LogP contribution in [0, 0.1) is 10.1 Å². The number of anilines is 1. The number of esters is 1. The summed E-state index contributed by atoms with van der Waals surface area (Å²) in [5.74, 6) is 0.154. The first-order valence-corrected chi connectivity index (χ1v) is 7.26. The van der Waals surface area contributed by atoms with Gasteiger partial charge in [0.15, 0.2) is 0 Å². The van der Waals surface area contributed by atoms with Crippen molar-refractivity contribution in [3.8, 4) is 0 Å². The van der Waals surface area contributed by atoms with Crippen LogP contribution in [0.1, 0.15) is 34.1 Å². The normalized spacial score (nSPS) is 12.9. The Morgan fingerprint density at radius 1 is 1.48 bits per heavy atom. The Balaban J connectivity index is 2.03. The monoisotopic (exact) mass is 320 g/mol. The van der Waals surface area contributed by atoms with Crippen LogP contribution in [0.3, 0.4) is 0 Å². The number of ether oxygens (including phenoxy) is 1. The van der Waals surface area contributed by atoms with E-state index in [1.165, 1.54) is 12.1 Å². The van der Waals surface area contributed by atoms with Gasteiger partial charge in [0.2, 0.25) is 5.95 Å². The largest absolute Gasteiger partial charge is 0.460 e. The molecular formula is C15H20N4O4. The number of benzene rings is 1. The molecule has 0 aliphatic carbocycles. The van der Waals surface area contributed by atoms with Crippen LogP contribution in [0.2, 0.25) is 0 Å². The summed E-state index contributed by atoms with van der Waals surface area (Å²) in [6.45, 7) is 7.28. The van der Waals surface area contributed by atoms with Crippen LogP contribution in [0.5, 0.6) is 0 Å². The number of hydrogen-bond acceptors (Lipinski definition) is 6. The number of nitro groups is 1. The summed E-state index contributed by atoms with van der Waals surface area (Å²) in [5.41, 5.74) is 0.651. The highest BCUT2D eigenvalue weighted by atomic mass is 16.6. The predicted molar refractivity (Wildman–Crippen MR) is 86.3 cm³/mol. The number of carbonyl (C=O) groups excluding carboxylic acids is 1. The second-order valence-corrected chi connectivity index (χ2v) is 6.38. The van der Waals surface area contributed by atoms with E-state index < -0.39 is 10.5 Å². The second-order valence-electron chi connectivity index (χ2n) is 6.38. The zero-order chi connectivity index (χ0) is 17.2. The number of non-ortho nitro benzene ring substituents is 1. The average Bonchev–Trinajstić information content (AvgIpc) is 2.76. The Hall–Kier alpha value is -2.64. The lowest BCUT2D eigenvalue weighted by atomic mass is 10.2. The number of H-pyrrole nitrogens is 1. The summed E-state index contributed by atoms with van der Waals surface area (Å²) >= 11 is 0. The second kappa shape index (κ2) is 6.23. The van der Waals surface area contributed by atoms with E-state index in [4.69, 9.17) is 4.74 Å². The first-order valence-electron chi connectivity index (χ1n) is 7.26. The summed E-state index contributed by atoms with van der Waals surface area (Å²) in [4.78, 5) is 29.4. The van der Waals surface area contributed by atoms with Gasteiger partial charge in [-0.05, 0) is 33.8 Å². The molecule has 0 aliphatic rings. The molecule has 0 fully saturated rings. The first kappa shape index (κ1) is 16.7. The zero-order valence-corrected chi connectivity index (χ0v) is 13.5. The zero-order valence-electron chi connectivity index (χ0n) is 13.5. The molecule has 0 saturated carbocycles. The Kier molecular flexibility index (Phi) is 4.53. The molecule has 1 aromatic heterocycles. The highest BCUT2D eigenvalue weighted by Crippen LogP contribution is 2.21. The van der Waals surface area contributed by atoms with E-state index in [1.807, 2.05) is 27.7 Å². The van der Waals surface area contributed by atoms with E-state index in [0.29, 0.717) is 17.0 Å². The quantitative estimate of drug-likeness (QED) is 0.498. The summed E-state index contributed by atoms with van der Waals surface area (Å²) < 4.78 is 5.26. The number of carbonyl (C=O) groups is 1. The Morgan fingerprint density at radius 2 is 2.17 bits per heavy atom. The Bertz CT molecular complexity index is 733. The fourth-order valence-electron chi connectivity index (χ4n) is 2.10. The van der Waals surface area contributed by atoms with Crippen molar-refractivity contribution in [2.24, 2.45) is 0 Å².